The first-order valence-electron chi connectivity index (χ1n) is 9.24. The highest BCUT2D eigenvalue weighted by Gasteiger charge is 2.16. The molecule has 0 saturated carbocycles. The molecule has 0 unspecified atom stereocenters. The number of methoxy groups -OCH3 is 2. The molecule has 0 aliphatic heterocycles. The number of hydrogen-bond acceptors (Lipinski definition) is 5. The van der Waals surface area contributed by atoms with Crippen LogP contribution in [0.4, 0.5) is 5.82 Å². The van der Waals surface area contributed by atoms with Gasteiger partial charge in [0, 0.05) is 11.6 Å². The summed E-state index contributed by atoms with van der Waals surface area (Å²) in [5.74, 6) is 0.883. The number of carbonyl (C=O) groups is 1. The average Bonchev–Trinajstić information content (AvgIpc) is 3.11. The van der Waals surface area contributed by atoms with E-state index in [1.54, 1.807) is 28.9 Å². The van der Waals surface area contributed by atoms with E-state index in [0.717, 1.165) is 16.9 Å². The van der Waals surface area contributed by atoms with E-state index < -0.39 is 5.91 Å². The van der Waals surface area contributed by atoms with Gasteiger partial charge in [-0.1, -0.05) is 29.8 Å². The lowest BCUT2D eigenvalue weighted by Gasteiger charge is -2.11. The highest BCUT2D eigenvalue weighted by atomic mass is 16.5. The lowest BCUT2D eigenvalue weighted by atomic mass is 10.1. The van der Waals surface area contributed by atoms with Gasteiger partial charge in [0.25, 0.3) is 5.91 Å². The van der Waals surface area contributed by atoms with E-state index in [1.807, 2.05) is 44.2 Å². The van der Waals surface area contributed by atoms with Gasteiger partial charge in [0.2, 0.25) is 0 Å². The highest BCUT2D eigenvalue weighted by molar-refractivity contribution is 6.09. The molecule has 0 aliphatic carbocycles. The molecule has 0 spiro atoms. The van der Waals surface area contributed by atoms with Crippen LogP contribution in [0.2, 0.25) is 0 Å². The molecule has 1 N–H and O–H groups in total. The first kappa shape index (κ1) is 20.7. The van der Waals surface area contributed by atoms with Crippen molar-refractivity contribution in [2.24, 2.45) is 0 Å². The Labute approximate surface area is 175 Å². The van der Waals surface area contributed by atoms with Crippen molar-refractivity contribution in [2.75, 3.05) is 19.5 Å². The quantitative estimate of drug-likeness (QED) is 0.496. The van der Waals surface area contributed by atoms with Crippen molar-refractivity contribution in [1.29, 1.82) is 5.26 Å². The maximum Gasteiger partial charge on any atom is 0.267 e. The summed E-state index contributed by atoms with van der Waals surface area (Å²) in [6.07, 6.45) is 1.47. The van der Waals surface area contributed by atoms with Crippen molar-refractivity contribution in [1.82, 2.24) is 9.78 Å². The number of para-hydroxylation sites is 1. The molecular weight excluding hydrogens is 380 g/mol. The van der Waals surface area contributed by atoms with Crippen LogP contribution < -0.4 is 14.8 Å². The van der Waals surface area contributed by atoms with Crippen LogP contribution in [-0.4, -0.2) is 29.9 Å². The molecule has 7 nitrogen and oxygen atoms in total. The number of aryl methyl sites for hydroxylation is 2. The predicted molar refractivity (Wildman–Crippen MR) is 115 cm³/mol. The second kappa shape index (κ2) is 8.97. The fourth-order valence-electron chi connectivity index (χ4n) is 2.98. The summed E-state index contributed by atoms with van der Waals surface area (Å²) in [5.41, 5.74) is 3.15. The SMILES string of the molecule is COc1cccc(/C=C(\C#N)C(=O)Nc2cc(C)nn2-c2ccc(C)cc2)c1OC. The van der Waals surface area contributed by atoms with Crippen LogP contribution in [0.1, 0.15) is 16.8 Å². The minimum Gasteiger partial charge on any atom is -0.493 e. The molecule has 0 bridgehead atoms. The predicted octanol–water partition coefficient (Wildman–Crippen LogP) is 4.05. The van der Waals surface area contributed by atoms with Gasteiger partial charge in [0.15, 0.2) is 11.5 Å². The molecule has 3 rings (SSSR count). The third-order valence-corrected chi connectivity index (χ3v) is 4.45. The molecule has 7 heteroatoms. The van der Waals surface area contributed by atoms with E-state index in [4.69, 9.17) is 9.47 Å². The summed E-state index contributed by atoms with van der Waals surface area (Å²) in [4.78, 5) is 12.8. The van der Waals surface area contributed by atoms with Crippen LogP contribution in [0.3, 0.4) is 0 Å². The third kappa shape index (κ3) is 4.33. The van der Waals surface area contributed by atoms with Gasteiger partial charge in [-0.05, 0) is 38.1 Å². The van der Waals surface area contributed by atoms with E-state index in [9.17, 15) is 10.1 Å². The Hall–Kier alpha value is -4.05. The van der Waals surface area contributed by atoms with E-state index in [0.29, 0.717) is 22.9 Å². The number of hydrogen-bond donors (Lipinski definition) is 1. The Kier molecular flexibility index (Phi) is 6.18. The third-order valence-electron chi connectivity index (χ3n) is 4.45. The van der Waals surface area contributed by atoms with Crippen LogP contribution in [0.5, 0.6) is 11.5 Å². The van der Waals surface area contributed by atoms with Crippen molar-refractivity contribution in [2.45, 2.75) is 13.8 Å². The minimum absolute atomic E-state index is 0.0733. The lowest BCUT2D eigenvalue weighted by Crippen LogP contribution is -2.16. The Morgan fingerprint density at radius 1 is 1.13 bits per heavy atom. The van der Waals surface area contributed by atoms with Gasteiger partial charge in [-0.25, -0.2) is 4.68 Å². The van der Waals surface area contributed by atoms with Crippen LogP contribution in [0, 0.1) is 25.2 Å². The standard InChI is InChI=1S/C23H22N4O3/c1-15-8-10-19(11-9-15)27-21(12-16(2)26-27)25-23(28)18(14-24)13-17-6-5-7-20(29-3)22(17)30-4/h5-13H,1-4H3,(H,25,28)/b18-13+. The zero-order chi connectivity index (χ0) is 21.7. The number of nitrogens with one attached hydrogen (secondary N) is 1. The Morgan fingerprint density at radius 3 is 2.50 bits per heavy atom. The summed E-state index contributed by atoms with van der Waals surface area (Å²) in [7, 11) is 3.03. The van der Waals surface area contributed by atoms with E-state index in [1.165, 1.54) is 20.3 Å². The van der Waals surface area contributed by atoms with Gasteiger partial charge in [-0.15, -0.1) is 0 Å². The van der Waals surface area contributed by atoms with Crippen LogP contribution in [-0.2, 0) is 4.79 Å². The molecule has 2 aromatic carbocycles. The second-order valence-corrected chi connectivity index (χ2v) is 6.63. The number of aromatic nitrogens is 2. The summed E-state index contributed by atoms with van der Waals surface area (Å²) < 4.78 is 12.3. The van der Waals surface area contributed by atoms with Gasteiger partial charge in [0.1, 0.15) is 17.5 Å². The molecule has 1 aromatic heterocycles. The number of carbonyl (C=O) groups excluding carboxylic acids is 1. The smallest absolute Gasteiger partial charge is 0.267 e. The number of anilines is 1. The van der Waals surface area contributed by atoms with E-state index in [-0.39, 0.29) is 5.57 Å². The summed E-state index contributed by atoms with van der Waals surface area (Å²) >= 11 is 0. The fraction of sp³-hybridized carbons (Fsp3) is 0.174. The largest absolute Gasteiger partial charge is 0.493 e. The molecule has 0 aliphatic rings. The number of rotatable bonds is 6. The van der Waals surface area contributed by atoms with Gasteiger partial charge < -0.3 is 14.8 Å². The number of nitriles is 1. The maximum absolute atomic E-state index is 12.8. The van der Waals surface area contributed by atoms with Crippen LogP contribution in [0.25, 0.3) is 11.8 Å². The molecule has 0 radical (unpaired) electrons. The van der Waals surface area contributed by atoms with Gasteiger partial charge in [-0.3, -0.25) is 4.79 Å². The normalized spacial score (nSPS) is 11.0. The molecule has 1 heterocycles. The molecule has 3 aromatic rings. The van der Waals surface area contributed by atoms with Crippen molar-refractivity contribution in [3.05, 3.63) is 70.9 Å². The molecule has 0 atom stereocenters. The van der Waals surface area contributed by atoms with E-state index >= 15 is 0 Å². The van der Waals surface area contributed by atoms with Gasteiger partial charge >= 0.3 is 0 Å². The number of nitrogens with zero attached hydrogens (tertiary/aromatic N) is 3. The number of ether oxygens (including phenoxy) is 2. The highest BCUT2D eigenvalue weighted by Crippen LogP contribution is 2.32. The van der Waals surface area contributed by atoms with Crippen LogP contribution >= 0.6 is 0 Å². The van der Waals surface area contributed by atoms with Crippen molar-refractivity contribution < 1.29 is 14.3 Å². The zero-order valence-corrected chi connectivity index (χ0v) is 17.3. The van der Waals surface area contributed by atoms with E-state index in [2.05, 4.69) is 10.4 Å². The van der Waals surface area contributed by atoms with Gasteiger partial charge in [-0.2, -0.15) is 10.4 Å². The lowest BCUT2D eigenvalue weighted by molar-refractivity contribution is -0.112. The zero-order valence-electron chi connectivity index (χ0n) is 17.3. The molecular formula is C23H22N4O3. The van der Waals surface area contributed by atoms with Crippen molar-refractivity contribution in [3.8, 4) is 23.3 Å². The van der Waals surface area contributed by atoms with Gasteiger partial charge in [0.05, 0.1) is 25.6 Å². The Bertz CT molecular complexity index is 1140. The van der Waals surface area contributed by atoms with Crippen molar-refractivity contribution >= 4 is 17.8 Å². The molecule has 1 amide bonds. The van der Waals surface area contributed by atoms with Crippen molar-refractivity contribution in [3.63, 3.8) is 0 Å². The van der Waals surface area contributed by atoms with Crippen LogP contribution in [0.15, 0.2) is 54.1 Å². The first-order valence-corrected chi connectivity index (χ1v) is 9.24. The number of amides is 1. The minimum atomic E-state index is -0.546. The molecule has 30 heavy (non-hydrogen) atoms. The Balaban J connectivity index is 1.93. The first-order chi connectivity index (χ1) is 14.5. The summed E-state index contributed by atoms with van der Waals surface area (Å²) in [6, 6.07) is 16.7. The second-order valence-electron chi connectivity index (χ2n) is 6.63. The monoisotopic (exact) mass is 402 g/mol. The number of benzene rings is 2. The Morgan fingerprint density at radius 2 is 1.87 bits per heavy atom. The average molecular weight is 402 g/mol. The molecule has 152 valence electrons. The summed E-state index contributed by atoms with van der Waals surface area (Å²) in [6.45, 7) is 3.83. The molecule has 0 fully saturated rings. The summed E-state index contributed by atoms with van der Waals surface area (Å²) in [5, 5.41) is 16.8. The fourth-order valence-corrected chi connectivity index (χ4v) is 2.98. The maximum atomic E-state index is 12.8. The molecule has 0 saturated heterocycles. The topological polar surface area (TPSA) is 89.2 Å².